The lowest BCUT2D eigenvalue weighted by atomic mass is 10.3. The third kappa shape index (κ3) is 2.96. The summed E-state index contributed by atoms with van der Waals surface area (Å²) < 4.78 is 0. The molecule has 2 amide bonds. The van der Waals surface area contributed by atoms with Crippen LogP contribution in [0.3, 0.4) is 0 Å². The van der Waals surface area contributed by atoms with E-state index in [-0.39, 0.29) is 29.0 Å². The van der Waals surface area contributed by atoms with Gasteiger partial charge in [-0.1, -0.05) is 0 Å². The summed E-state index contributed by atoms with van der Waals surface area (Å²) in [6.45, 7) is 1.34. The molecule has 1 aliphatic heterocycles. The molecule has 2 aliphatic rings. The average molecular weight is 290 g/mol. The van der Waals surface area contributed by atoms with Crippen molar-refractivity contribution in [2.24, 2.45) is 0 Å². The molecule has 112 valence electrons. The van der Waals surface area contributed by atoms with E-state index in [2.05, 4.69) is 9.97 Å². The molecular weight excluding hydrogens is 272 g/mol. The van der Waals surface area contributed by atoms with Gasteiger partial charge in [-0.2, -0.15) is 0 Å². The highest BCUT2D eigenvalue weighted by molar-refractivity contribution is 5.92. The van der Waals surface area contributed by atoms with Crippen LogP contribution in [0.4, 0.5) is 0 Å². The van der Waals surface area contributed by atoms with E-state index in [0.717, 1.165) is 12.8 Å². The van der Waals surface area contributed by atoms with Crippen molar-refractivity contribution < 1.29 is 9.59 Å². The van der Waals surface area contributed by atoms with Gasteiger partial charge in [0.25, 0.3) is 11.5 Å². The molecule has 1 N–H and O–H groups in total. The maximum absolute atomic E-state index is 12.5. The zero-order valence-electron chi connectivity index (χ0n) is 12.0. The van der Waals surface area contributed by atoms with Gasteiger partial charge in [0.1, 0.15) is 11.5 Å². The molecule has 1 aromatic heterocycles. The fraction of sp³-hybridized carbons (Fsp3) is 0.571. The number of nitrogens with zero attached hydrogens (tertiary/aromatic N) is 3. The van der Waals surface area contributed by atoms with Gasteiger partial charge < -0.3 is 14.8 Å². The van der Waals surface area contributed by atoms with Crippen molar-refractivity contribution >= 4 is 11.8 Å². The Hall–Kier alpha value is -2.18. The van der Waals surface area contributed by atoms with Crippen LogP contribution in [0.2, 0.25) is 0 Å². The van der Waals surface area contributed by atoms with E-state index in [0.29, 0.717) is 31.9 Å². The largest absolute Gasteiger partial charge is 0.344 e. The summed E-state index contributed by atoms with van der Waals surface area (Å²) in [5.74, 6) is 0.644. The maximum atomic E-state index is 12.5. The molecule has 1 aliphatic carbocycles. The van der Waals surface area contributed by atoms with Gasteiger partial charge in [-0.25, -0.2) is 4.98 Å². The summed E-state index contributed by atoms with van der Waals surface area (Å²) >= 11 is 0. The van der Waals surface area contributed by atoms with E-state index in [4.69, 9.17) is 0 Å². The molecular formula is C14H18N4O3. The number of hydrogen-bond acceptors (Lipinski definition) is 4. The second kappa shape index (κ2) is 5.31. The minimum Gasteiger partial charge on any atom is -0.344 e. The number of likely N-dealkylation sites (N-methyl/N-ethyl adjacent to an activating group) is 1. The summed E-state index contributed by atoms with van der Waals surface area (Å²) in [6.07, 6.45) is 2.31. The molecule has 2 heterocycles. The molecule has 0 unspecified atom stereocenters. The van der Waals surface area contributed by atoms with Crippen LogP contribution in [0.1, 0.15) is 41.5 Å². The zero-order valence-corrected chi connectivity index (χ0v) is 12.0. The summed E-state index contributed by atoms with van der Waals surface area (Å²) in [5, 5.41) is 0. The van der Waals surface area contributed by atoms with Gasteiger partial charge in [-0.15, -0.1) is 0 Å². The van der Waals surface area contributed by atoms with Crippen LogP contribution in [0.25, 0.3) is 0 Å². The van der Waals surface area contributed by atoms with Crippen molar-refractivity contribution in [3.05, 3.63) is 27.9 Å². The van der Waals surface area contributed by atoms with Gasteiger partial charge in [0.2, 0.25) is 5.91 Å². The quantitative estimate of drug-likeness (QED) is 0.827. The van der Waals surface area contributed by atoms with Crippen LogP contribution in [-0.2, 0) is 4.79 Å². The number of amides is 2. The first-order chi connectivity index (χ1) is 10.0. The number of aromatic amines is 1. The molecule has 3 rings (SSSR count). The zero-order chi connectivity index (χ0) is 15.0. The van der Waals surface area contributed by atoms with E-state index in [1.54, 1.807) is 16.8 Å². The summed E-state index contributed by atoms with van der Waals surface area (Å²) in [7, 11) is 1.73. The highest BCUT2D eigenvalue weighted by atomic mass is 16.2. The Bertz CT molecular complexity index is 635. The molecule has 0 bridgehead atoms. The van der Waals surface area contributed by atoms with Crippen molar-refractivity contribution in [1.29, 1.82) is 0 Å². The number of H-pyrrole nitrogens is 1. The van der Waals surface area contributed by atoms with Crippen LogP contribution in [-0.4, -0.2) is 58.3 Å². The number of rotatable bonds is 2. The maximum Gasteiger partial charge on any atom is 0.272 e. The van der Waals surface area contributed by atoms with E-state index < -0.39 is 0 Å². The van der Waals surface area contributed by atoms with Crippen molar-refractivity contribution in [2.75, 3.05) is 26.7 Å². The molecule has 7 heteroatoms. The molecule has 0 spiro atoms. The fourth-order valence-electron chi connectivity index (χ4n) is 2.43. The van der Waals surface area contributed by atoms with Gasteiger partial charge in [0, 0.05) is 45.1 Å². The first-order valence-corrected chi connectivity index (χ1v) is 7.19. The molecule has 7 nitrogen and oxygen atoms in total. The lowest BCUT2D eigenvalue weighted by Gasteiger charge is -2.19. The smallest absolute Gasteiger partial charge is 0.272 e. The van der Waals surface area contributed by atoms with Crippen molar-refractivity contribution in [2.45, 2.75) is 25.2 Å². The molecule has 0 radical (unpaired) electrons. The number of carbonyl (C=O) groups excluding carboxylic acids is 2. The lowest BCUT2D eigenvalue weighted by molar-refractivity contribution is -0.129. The van der Waals surface area contributed by atoms with Crippen molar-refractivity contribution in [3.63, 3.8) is 0 Å². The topological polar surface area (TPSA) is 86.4 Å². The number of hydrogen-bond donors (Lipinski definition) is 1. The SMILES string of the molecule is CN1CCN(C(=O)c2cc(=O)[nH]c(C3CC3)n2)CCC1=O. The van der Waals surface area contributed by atoms with Crippen molar-refractivity contribution in [1.82, 2.24) is 19.8 Å². The third-order valence-corrected chi connectivity index (χ3v) is 3.96. The normalized spacial score (nSPS) is 19.6. The van der Waals surface area contributed by atoms with Gasteiger partial charge in [0.15, 0.2) is 0 Å². The molecule has 0 aromatic carbocycles. The van der Waals surface area contributed by atoms with E-state index >= 15 is 0 Å². The van der Waals surface area contributed by atoms with E-state index in [1.165, 1.54) is 6.07 Å². The lowest BCUT2D eigenvalue weighted by Crippen LogP contribution is -2.36. The summed E-state index contributed by atoms with van der Waals surface area (Å²) in [6, 6.07) is 1.24. The standard InChI is InChI=1S/C14H18N4O3/c1-17-6-7-18(5-4-12(17)20)14(21)10-8-11(19)16-13(15-10)9-2-3-9/h8-9H,2-7H2,1H3,(H,15,16,19). The molecule has 0 atom stereocenters. The fourth-order valence-corrected chi connectivity index (χ4v) is 2.43. The number of nitrogens with one attached hydrogen (secondary N) is 1. The number of aromatic nitrogens is 2. The van der Waals surface area contributed by atoms with Crippen LogP contribution in [0.15, 0.2) is 10.9 Å². The van der Waals surface area contributed by atoms with Gasteiger partial charge in [-0.3, -0.25) is 14.4 Å². The van der Waals surface area contributed by atoms with Gasteiger partial charge >= 0.3 is 0 Å². The van der Waals surface area contributed by atoms with Crippen LogP contribution in [0.5, 0.6) is 0 Å². The average Bonchev–Trinajstić information content (AvgIpc) is 3.29. The Morgan fingerprint density at radius 3 is 2.76 bits per heavy atom. The summed E-state index contributed by atoms with van der Waals surface area (Å²) in [5.41, 5.74) is -0.115. The Morgan fingerprint density at radius 2 is 2.05 bits per heavy atom. The number of carbonyl (C=O) groups is 2. The Labute approximate surface area is 122 Å². The minimum atomic E-state index is -0.293. The minimum absolute atomic E-state index is 0.0304. The first kappa shape index (κ1) is 13.8. The van der Waals surface area contributed by atoms with Crippen LogP contribution < -0.4 is 5.56 Å². The van der Waals surface area contributed by atoms with Gasteiger partial charge in [0.05, 0.1) is 0 Å². The predicted molar refractivity (Wildman–Crippen MR) is 75.0 cm³/mol. The van der Waals surface area contributed by atoms with E-state index in [1.807, 2.05) is 0 Å². The Kier molecular flexibility index (Phi) is 3.48. The molecule has 2 fully saturated rings. The van der Waals surface area contributed by atoms with Crippen LogP contribution >= 0.6 is 0 Å². The molecule has 1 saturated carbocycles. The molecule has 21 heavy (non-hydrogen) atoms. The molecule has 1 aromatic rings. The van der Waals surface area contributed by atoms with E-state index in [9.17, 15) is 14.4 Å². The molecule has 1 saturated heterocycles. The van der Waals surface area contributed by atoms with Gasteiger partial charge in [-0.05, 0) is 12.8 Å². The summed E-state index contributed by atoms with van der Waals surface area (Å²) in [4.78, 5) is 46.0. The highest BCUT2D eigenvalue weighted by Gasteiger charge is 2.28. The second-order valence-electron chi connectivity index (χ2n) is 5.65. The Balaban J connectivity index is 1.81. The van der Waals surface area contributed by atoms with Crippen molar-refractivity contribution in [3.8, 4) is 0 Å². The third-order valence-electron chi connectivity index (χ3n) is 3.96. The van der Waals surface area contributed by atoms with Crippen LogP contribution in [0, 0.1) is 0 Å². The Morgan fingerprint density at radius 1 is 1.29 bits per heavy atom. The monoisotopic (exact) mass is 290 g/mol. The highest BCUT2D eigenvalue weighted by Crippen LogP contribution is 2.37. The first-order valence-electron chi connectivity index (χ1n) is 7.19. The predicted octanol–water partition coefficient (Wildman–Crippen LogP) is -0.0484. The second-order valence-corrected chi connectivity index (χ2v) is 5.65.